The van der Waals surface area contributed by atoms with Crippen molar-refractivity contribution in [3.63, 3.8) is 0 Å². The fraction of sp³-hybridized carbons (Fsp3) is 0.677. The number of carbonyl (C=O) groups excluding carboxylic acids is 4. The largest absolute Gasteiger partial charge is 0.444 e. The van der Waals surface area contributed by atoms with Crippen molar-refractivity contribution >= 4 is 23.8 Å². The van der Waals surface area contributed by atoms with Gasteiger partial charge in [0.2, 0.25) is 17.7 Å². The molecule has 2 atom stereocenters. The van der Waals surface area contributed by atoms with E-state index < -0.39 is 42.0 Å². The van der Waals surface area contributed by atoms with Crippen molar-refractivity contribution in [1.82, 2.24) is 15.5 Å². The zero-order chi connectivity index (χ0) is 29.7. The number of rotatable bonds is 14. The van der Waals surface area contributed by atoms with Crippen LogP contribution in [-0.4, -0.2) is 52.9 Å². The highest BCUT2D eigenvalue weighted by molar-refractivity contribution is 5.94. The second kappa shape index (κ2) is 16.2. The summed E-state index contributed by atoms with van der Waals surface area (Å²) in [7, 11) is 0. The highest BCUT2D eigenvalue weighted by Crippen LogP contribution is 2.26. The average molecular weight is 559 g/mol. The number of unbranched alkanes of at least 4 members (excludes halogenated alkanes) is 4. The van der Waals surface area contributed by atoms with Crippen molar-refractivity contribution < 1.29 is 23.9 Å². The Balaban J connectivity index is 2.46. The first kappa shape index (κ1) is 33.1. The van der Waals surface area contributed by atoms with E-state index in [1.807, 2.05) is 31.2 Å². The molecule has 1 aliphatic rings. The van der Waals surface area contributed by atoms with Gasteiger partial charge in [0.15, 0.2) is 0 Å². The molecule has 1 fully saturated rings. The Labute approximate surface area is 240 Å². The molecular weight excluding hydrogens is 508 g/mol. The summed E-state index contributed by atoms with van der Waals surface area (Å²) in [5, 5.41) is 5.75. The number of aryl methyl sites for hydroxylation is 1. The maximum absolute atomic E-state index is 14.2. The standard InChI is InChI=1S/C31H50N4O5/c1-6-7-8-9-13-19-35(29(38)25(21-26(32)36)34-30(39)40-31(3,4)5)27(23-16-14-15-22(2)20-23)28(37)33-24-17-11-10-12-18-24/h14-16,20,24-25,27H,6-13,17-19,21H2,1-5H3,(H2,32,36)(H,33,37)(H,34,39). The lowest BCUT2D eigenvalue weighted by Crippen LogP contribution is -2.55. The van der Waals surface area contributed by atoms with Crippen molar-refractivity contribution in [2.45, 2.75) is 129 Å². The third kappa shape index (κ3) is 11.6. The first-order chi connectivity index (χ1) is 18.9. The van der Waals surface area contributed by atoms with Crippen LogP contribution in [-0.2, 0) is 19.1 Å². The molecule has 4 N–H and O–H groups in total. The van der Waals surface area contributed by atoms with Crippen molar-refractivity contribution in [3.8, 4) is 0 Å². The van der Waals surface area contributed by atoms with Crippen molar-refractivity contribution in [3.05, 3.63) is 35.4 Å². The maximum atomic E-state index is 14.2. The lowest BCUT2D eigenvalue weighted by Gasteiger charge is -2.35. The fourth-order valence-electron chi connectivity index (χ4n) is 5.14. The second-order valence-corrected chi connectivity index (χ2v) is 12.0. The minimum Gasteiger partial charge on any atom is -0.444 e. The summed E-state index contributed by atoms with van der Waals surface area (Å²) >= 11 is 0. The van der Waals surface area contributed by atoms with Gasteiger partial charge in [0.05, 0.1) is 6.42 Å². The SMILES string of the molecule is CCCCCCCN(C(=O)C(CC(N)=O)NC(=O)OC(C)(C)C)C(C(=O)NC1CCCCC1)c1cccc(C)c1. The van der Waals surface area contributed by atoms with Crippen LogP contribution in [0.3, 0.4) is 0 Å². The van der Waals surface area contributed by atoms with Gasteiger partial charge in [-0.25, -0.2) is 4.79 Å². The van der Waals surface area contributed by atoms with Gasteiger partial charge < -0.3 is 26.0 Å². The maximum Gasteiger partial charge on any atom is 0.408 e. The number of hydrogen-bond acceptors (Lipinski definition) is 5. The number of carbonyl (C=O) groups is 4. The first-order valence-corrected chi connectivity index (χ1v) is 14.9. The third-order valence-corrected chi connectivity index (χ3v) is 7.05. The molecule has 0 aliphatic heterocycles. The summed E-state index contributed by atoms with van der Waals surface area (Å²) in [4.78, 5) is 54.3. The first-order valence-electron chi connectivity index (χ1n) is 14.9. The number of alkyl carbamates (subject to hydrolysis) is 1. The average Bonchev–Trinajstić information content (AvgIpc) is 2.86. The normalized spacial score (nSPS) is 15.5. The fourth-order valence-corrected chi connectivity index (χ4v) is 5.14. The molecule has 9 nitrogen and oxygen atoms in total. The van der Waals surface area contributed by atoms with Gasteiger partial charge in [0.1, 0.15) is 17.7 Å². The molecule has 9 heteroatoms. The van der Waals surface area contributed by atoms with Crippen LogP contribution in [0.5, 0.6) is 0 Å². The van der Waals surface area contributed by atoms with Crippen LogP contribution in [0.2, 0.25) is 0 Å². The molecule has 1 aliphatic carbocycles. The number of nitrogens with zero attached hydrogens (tertiary/aromatic N) is 1. The van der Waals surface area contributed by atoms with Crippen LogP contribution in [0.15, 0.2) is 24.3 Å². The van der Waals surface area contributed by atoms with Crippen LogP contribution < -0.4 is 16.4 Å². The Morgan fingerprint density at radius 2 is 1.73 bits per heavy atom. The van der Waals surface area contributed by atoms with Gasteiger partial charge in [0.25, 0.3) is 0 Å². The quantitative estimate of drug-likeness (QED) is 0.275. The molecule has 2 rings (SSSR count). The summed E-state index contributed by atoms with van der Waals surface area (Å²) in [6.07, 6.45) is 8.60. The predicted octanol–water partition coefficient (Wildman–Crippen LogP) is 5.05. The van der Waals surface area contributed by atoms with Crippen LogP contribution >= 0.6 is 0 Å². The van der Waals surface area contributed by atoms with Gasteiger partial charge in [-0.05, 0) is 52.5 Å². The van der Waals surface area contributed by atoms with Crippen LogP contribution in [0.25, 0.3) is 0 Å². The number of primary amides is 1. The van der Waals surface area contributed by atoms with Gasteiger partial charge in [-0.1, -0.05) is 81.7 Å². The third-order valence-electron chi connectivity index (χ3n) is 7.05. The van der Waals surface area contributed by atoms with E-state index in [9.17, 15) is 19.2 Å². The smallest absolute Gasteiger partial charge is 0.408 e. The van der Waals surface area contributed by atoms with E-state index in [1.54, 1.807) is 20.8 Å². The zero-order valence-electron chi connectivity index (χ0n) is 25.1. The predicted molar refractivity (Wildman–Crippen MR) is 156 cm³/mol. The minimum absolute atomic E-state index is 0.0522. The summed E-state index contributed by atoms with van der Waals surface area (Å²) < 4.78 is 5.36. The van der Waals surface area contributed by atoms with Gasteiger partial charge in [-0.2, -0.15) is 0 Å². The van der Waals surface area contributed by atoms with Gasteiger partial charge in [-0.15, -0.1) is 0 Å². The van der Waals surface area contributed by atoms with E-state index in [2.05, 4.69) is 17.6 Å². The molecule has 0 spiro atoms. The van der Waals surface area contributed by atoms with E-state index >= 15 is 0 Å². The Kier molecular flexibility index (Phi) is 13.4. The zero-order valence-corrected chi connectivity index (χ0v) is 25.1. The number of nitrogens with one attached hydrogen (secondary N) is 2. The molecule has 40 heavy (non-hydrogen) atoms. The number of hydrogen-bond donors (Lipinski definition) is 3. The van der Waals surface area contributed by atoms with Gasteiger partial charge in [0, 0.05) is 12.6 Å². The molecule has 2 unspecified atom stereocenters. The number of amides is 4. The van der Waals surface area contributed by atoms with E-state index in [-0.39, 0.29) is 11.9 Å². The Morgan fingerprint density at radius 3 is 2.33 bits per heavy atom. The van der Waals surface area contributed by atoms with Crippen molar-refractivity contribution in [2.24, 2.45) is 5.73 Å². The minimum atomic E-state index is -1.27. The van der Waals surface area contributed by atoms with Gasteiger partial charge >= 0.3 is 6.09 Å². The summed E-state index contributed by atoms with van der Waals surface area (Å²) in [5.74, 6) is -1.53. The lowest BCUT2D eigenvalue weighted by molar-refractivity contribution is -0.143. The molecule has 224 valence electrons. The summed E-state index contributed by atoms with van der Waals surface area (Å²) in [5.41, 5.74) is 6.35. The molecule has 4 amide bonds. The van der Waals surface area contributed by atoms with Crippen molar-refractivity contribution in [1.29, 1.82) is 0 Å². The van der Waals surface area contributed by atoms with Crippen LogP contribution in [0.4, 0.5) is 4.79 Å². The number of nitrogens with two attached hydrogens (primary N) is 1. The summed E-state index contributed by atoms with van der Waals surface area (Å²) in [6, 6.07) is 5.43. The van der Waals surface area contributed by atoms with E-state index in [1.165, 1.54) is 4.90 Å². The van der Waals surface area contributed by atoms with Crippen LogP contribution in [0.1, 0.15) is 115 Å². The molecule has 1 aromatic rings. The Morgan fingerprint density at radius 1 is 1.05 bits per heavy atom. The van der Waals surface area contributed by atoms with E-state index in [0.29, 0.717) is 18.5 Å². The highest BCUT2D eigenvalue weighted by atomic mass is 16.6. The molecule has 0 radical (unpaired) electrons. The molecule has 0 bridgehead atoms. The van der Waals surface area contributed by atoms with Gasteiger partial charge in [-0.3, -0.25) is 14.4 Å². The Hall–Kier alpha value is -3.10. The topological polar surface area (TPSA) is 131 Å². The number of ether oxygens (including phenoxy) is 1. The Bertz CT molecular complexity index is 984. The molecule has 0 aromatic heterocycles. The van der Waals surface area contributed by atoms with E-state index in [4.69, 9.17) is 10.5 Å². The second-order valence-electron chi connectivity index (χ2n) is 12.0. The molecule has 1 aromatic carbocycles. The molecule has 1 saturated carbocycles. The highest BCUT2D eigenvalue weighted by Gasteiger charge is 2.37. The molecule has 0 saturated heterocycles. The monoisotopic (exact) mass is 558 g/mol. The van der Waals surface area contributed by atoms with Crippen molar-refractivity contribution in [2.75, 3.05) is 6.54 Å². The van der Waals surface area contributed by atoms with E-state index in [0.717, 1.165) is 63.4 Å². The number of benzene rings is 1. The molecular formula is C31H50N4O5. The molecule has 0 heterocycles. The van der Waals surface area contributed by atoms with Crippen LogP contribution in [0, 0.1) is 6.92 Å². The summed E-state index contributed by atoms with van der Waals surface area (Å²) in [6.45, 7) is 9.51. The lowest BCUT2D eigenvalue weighted by atomic mass is 9.94.